The Morgan fingerprint density at radius 2 is 1.59 bits per heavy atom. The minimum Gasteiger partial charge on any atom is -0.338 e. The minimum absolute atomic E-state index is 0.109. The van der Waals surface area contributed by atoms with Crippen LogP contribution in [0.4, 0.5) is 0 Å². The number of aryl methyl sites for hydroxylation is 2. The highest BCUT2D eigenvalue weighted by Gasteiger charge is 2.34. The molecule has 1 saturated heterocycles. The number of carbonyl (C=O) groups excluding carboxylic acids is 1. The lowest BCUT2D eigenvalue weighted by molar-refractivity contribution is -0.896. The van der Waals surface area contributed by atoms with Gasteiger partial charge in [-0.15, -0.1) is 0 Å². The minimum atomic E-state index is -3.53. The second kappa shape index (κ2) is 8.29. The number of sulfonamides is 1. The molecule has 0 atom stereocenters. The van der Waals surface area contributed by atoms with E-state index in [2.05, 4.69) is 0 Å². The summed E-state index contributed by atoms with van der Waals surface area (Å²) in [5, 5.41) is 0. The quantitative estimate of drug-likeness (QED) is 0.796. The fourth-order valence-electron chi connectivity index (χ4n) is 3.54. The van der Waals surface area contributed by atoms with E-state index in [1.165, 1.54) is 0 Å². The molecule has 1 heterocycles. The Hall–Kier alpha value is -1.44. The number of nitrogens with zero attached hydrogens (tertiary/aromatic N) is 2. The van der Waals surface area contributed by atoms with Crippen LogP contribution in [0.5, 0.6) is 0 Å². The number of nitrogens with one attached hydrogen (secondary N) is 1. The fourth-order valence-corrected chi connectivity index (χ4v) is 5.56. The third-order valence-corrected chi connectivity index (χ3v) is 8.07. The van der Waals surface area contributed by atoms with Crippen LogP contribution in [0.25, 0.3) is 0 Å². The lowest BCUT2D eigenvalue weighted by Gasteiger charge is -2.33. The van der Waals surface area contributed by atoms with E-state index in [1.807, 2.05) is 54.7 Å². The zero-order valence-electron chi connectivity index (χ0n) is 17.7. The highest BCUT2D eigenvalue weighted by atomic mass is 32.2. The first-order valence-corrected chi connectivity index (χ1v) is 11.1. The van der Waals surface area contributed by atoms with Crippen LogP contribution in [0.3, 0.4) is 0 Å². The number of quaternary nitrogens is 1. The van der Waals surface area contributed by atoms with Crippen molar-refractivity contribution in [2.24, 2.45) is 0 Å². The summed E-state index contributed by atoms with van der Waals surface area (Å²) in [5.41, 5.74) is 3.68. The molecule has 1 aromatic rings. The van der Waals surface area contributed by atoms with Crippen molar-refractivity contribution in [2.75, 3.05) is 39.8 Å². The first kappa shape index (κ1) is 21.9. The lowest BCUT2D eigenvalue weighted by Crippen LogP contribution is -3.15. The van der Waals surface area contributed by atoms with Crippen LogP contribution in [0.2, 0.25) is 0 Å². The smallest absolute Gasteiger partial charge is 0.277 e. The van der Waals surface area contributed by atoms with Gasteiger partial charge in [0.15, 0.2) is 6.54 Å². The molecule has 2 rings (SSSR count). The molecule has 0 unspecified atom stereocenters. The number of benzene rings is 1. The van der Waals surface area contributed by atoms with Gasteiger partial charge in [0, 0.05) is 13.1 Å². The van der Waals surface area contributed by atoms with Gasteiger partial charge in [-0.25, -0.2) is 8.42 Å². The maximum absolute atomic E-state index is 13.3. The second-order valence-electron chi connectivity index (χ2n) is 8.02. The number of piperazine rings is 1. The van der Waals surface area contributed by atoms with Crippen molar-refractivity contribution >= 4 is 15.9 Å². The molecule has 0 bridgehead atoms. The molecule has 6 nitrogen and oxygen atoms in total. The maximum Gasteiger partial charge on any atom is 0.277 e. The molecule has 27 heavy (non-hydrogen) atoms. The van der Waals surface area contributed by atoms with Gasteiger partial charge in [-0.05, 0) is 63.8 Å². The van der Waals surface area contributed by atoms with Gasteiger partial charge in [0.1, 0.15) is 0 Å². The first-order chi connectivity index (χ1) is 12.5. The van der Waals surface area contributed by atoms with Gasteiger partial charge in [0.05, 0.1) is 31.1 Å². The summed E-state index contributed by atoms with van der Waals surface area (Å²) in [6.07, 6.45) is 0. The summed E-state index contributed by atoms with van der Waals surface area (Å²) in [5.74, 6) is 0.109. The largest absolute Gasteiger partial charge is 0.338 e. The monoisotopic (exact) mass is 396 g/mol. The summed E-state index contributed by atoms with van der Waals surface area (Å²) in [6, 6.07) is 2.22. The van der Waals surface area contributed by atoms with E-state index in [-0.39, 0.29) is 11.9 Å². The van der Waals surface area contributed by atoms with Gasteiger partial charge in [-0.2, -0.15) is 4.31 Å². The Morgan fingerprint density at radius 1 is 1.11 bits per heavy atom. The highest BCUT2D eigenvalue weighted by molar-refractivity contribution is 7.89. The second-order valence-corrected chi connectivity index (χ2v) is 9.89. The van der Waals surface area contributed by atoms with Gasteiger partial charge in [0.25, 0.3) is 5.91 Å². The Labute approximate surface area is 164 Å². The molecule has 0 aromatic heterocycles. The van der Waals surface area contributed by atoms with Crippen molar-refractivity contribution in [3.63, 3.8) is 0 Å². The standard InChI is InChI=1S/C20H33N3O3S/c1-14(2)21(7)19(24)13-22-8-10-23(11-9-22)27(25,26)20-17(5)15(3)12-16(4)18(20)6/h12,14H,8-11,13H2,1-7H3/p+1. The lowest BCUT2D eigenvalue weighted by atomic mass is 10.0. The summed E-state index contributed by atoms with van der Waals surface area (Å²) >= 11 is 0. The van der Waals surface area contributed by atoms with E-state index < -0.39 is 10.0 Å². The number of hydrogen-bond acceptors (Lipinski definition) is 3. The van der Waals surface area contributed by atoms with Crippen molar-refractivity contribution in [1.82, 2.24) is 9.21 Å². The summed E-state index contributed by atoms with van der Waals surface area (Å²) < 4.78 is 28.2. The van der Waals surface area contributed by atoms with Crippen LogP contribution in [0, 0.1) is 27.7 Å². The van der Waals surface area contributed by atoms with E-state index >= 15 is 0 Å². The number of amides is 1. The molecule has 1 fully saturated rings. The highest BCUT2D eigenvalue weighted by Crippen LogP contribution is 2.28. The molecule has 1 amide bonds. The molecule has 1 N–H and O–H groups in total. The van der Waals surface area contributed by atoms with E-state index in [0.717, 1.165) is 27.2 Å². The molecular formula is C20H34N3O3S+. The Balaban J connectivity index is 2.13. The van der Waals surface area contributed by atoms with E-state index in [0.29, 0.717) is 37.6 Å². The summed E-state index contributed by atoms with van der Waals surface area (Å²) in [7, 11) is -1.71. The van der Waals surface area contributed by atoms with E-state index in [4.69, 9.17) is 0 Å². The van der Waals surface area contributed by atoms with Gasteiger partial charge < -0.3 is 9.80 Å². The number of rotatable bonds is 5. The topological polar surface area (TPSA) is 62.1 Å². The molecule has 1 aromatic carbocycles. The average molecular weight is 397 g/mol. The molecule has 0 radical (unpaired) electrons. The zero-order chi connectivity index (χ0) is 20.5. The summed E-state index contributed by atoms with van der Waals surface area (Å²) in [4.78, 5) is 15.6. The van der Waals surface area contributed by atoms with Crippen LogP contribution in [-0.2, 0) is 14.8 Å². The molecule has 1 aliphatic heterocycles. The third-order valence-electron chi connectivity index (χ3n) is 5.89. The van der Waals surface area contributed by atoms with Crippen LogP contribution < -0.4 is 4.90 Å². The van der Waals surface area contributed by atoms with Crippen LogP contribution >= 0.6 is 0 Å². The molecule has 1 aliphatic rings. The number of hydrogen-bond donors (Lipinski definition) is 1. The van der Waals surface area contributed by atoms with E-state index in [9.17, 15) is 13.2 Å². The SMILES string of the molecule is Cc1cc(C)c(C)c(S(=O)(=O)N2CC[NH+](CC(=O)N(C)C(C)C)CC2)c1C. The van der Waals surface area contributed by atoms with Crippen molar-refractivity contribution in [3.05, 3.63) is 28.3 Å². The van der Waals surface area contributed by atoms with Gasteiger partial charge in [-0.3, -0.25) is 4.79 Å². The molecular weight excluding hydrogens is 362 g/mol. The third kappa shape index (κ3) is 4.52. The van der Waals surface area contributed by atoms with Crippen molar-refractivity contribution in [1.29, 1.82) is 0 Å². The average Bonchev–Trinajstić information content (AvgIpc) is 2.59. The first-order valence-electron chi connectivity index (χ1n) is 9.63. The van der Waals surface area contributed by atoms with Gasteiger partial charge in [0.2, 0.25) is 10.0 Å². The molecule has 7 heteroatoms. The van der Waals surface area contributed by atoms with Gasteiger partial charge in [-0.1, -0.05) is 6.07 Å². The molecule has 0 aliphatic carbocycles. The Bertz CT molecular complexity index is 784. The number of carbonyl (C=O) groups is 1. The van der Waals surface area contributed by atoms with Crippen molar-refractivity contribution < 1.29 is 18.1 Å². The molecule has 0 saturated carbocycles. The Kier molecular flexibility index (Phi) is 6.71. The van der Waals surface area contributed by atoms with Crippen LogP contribution in [0.15, 0.2) is 11.0 Å². The maximum atomic E-state index is 13.3. The summed E-state index contributed by atoms with van der Waals surface area (Å²) in [6.45, 7) is 14.3. The molecule has 0 spiro atoms. The van der Waals surface area contributed by atoms with E-state index in [1.54, 1.807) is 9.21 Å². The fraction of sp³-hybridized carbons (Fsp3) is 0.650. The number of likely N-dealkylation sites (N-methyl/N-ethyl adjacent to an activating group) is 1. The predicted octanol–water partition coefficient (Wildman–Crippen LogP) is 0.676. The zero-order valence-corrected chi connectivity index (χ0v) is 18.5. The van der Waals surface area contributed by atoms with Crippen LogP contribution in [-0.4, -0.2) is 69.3 Å². The van der Waals surface area contributed by atoms with Crippen molar-refractivity contribution in [3.8, 4) is 0 Å². The molecule has 152 valence electrons. The Morgan fingerprint density at radius 3 is 2.04 bits per heavy atom. The van der Waals surface area contributed by atoms with Crippen LogP contribution in [0.1, 0.15) is 36.1 Å². The van der Waals surface area contributed by atoms with Crippen molar-refractivity contribution in [2.45, 2.75) is 52.5 Å². The van der Waals surface area contributed by atoms with Gasteiger partial charge >= 0.3 is 0 Å². The normalized spacial score (nSPS) is 16.7. The predicted molar refractivity (Wildman–Crippen MR) is 108 cm³/mol.